The van der Waals surface area contributed by atoms with Crippen LogP contribution in [0.3, 0.4) is 0 Å². The molecule has 1 saturated heterocycles. The summed E-state index contributed by atoms with van der Waals surface area (Å²) in [7, 11) is -1.46. The number of likely N-dealkylation sites (N-methyl/N-ethyl adjacent to an activating group) is 1. The molecule has 36 heavy (non-hydrogen) atoms. The van der Waals surface area contributed by atoms with E-state index in [4.69, 9.17) is 4.98 Å². The van der Waals surface area contributed by atoms with E-state index in [0.29, 0.717) is 30.0 Å². The van der Waals surface area contributed by atoms with Crippen LogP contribution in [0.25, 0.3) is 22.2 Å². The topological polar surface area (TPSA) is 83.4 Å². The fourth-order valence-electron chi connectivity index (χ4n) is 5.34. The van der Waals surface area contributed by atoms with Crippen LogP contribution in [0.1, 0.15) is 57.9 Å². The Morgan fingerprint density at radius 3 is 2.44 bits per heavy atom. The van der Waals surface area contributed by atoms with E-state index in [0.717, 1.165) is 67.5 Å². The molecule has 0 unspecified atom stereocenters. The molecule has 0 amide bonds. The van der Waals surface area contributed by atoms with Crippen LogP contribution in [0.2, 0.25) is 0 Å². The van der Waals surface area contributed by atoms with Crippen molar-refractivity contribution in [3.05, 3.63) is 36.7 Å². The number of hydrogen-bond acceptors (Lipinski definition) is 6. The van der Waals surface area contributed by atoms with Gasteiger partial charge < -0.3 is 14.8 Å². The molecule has 8 nitrogen and oxygen atoms in total. The van der Waals surface area contributed by atoms with Crippen LogP contribution in [-0.4, -0.2) is 71.9 Å². The van der Waals surface area contributed by atoms with Crippen LogP contribution in [-0.2, 0) is 10.0 Å². The molecule has 1 aromatic carbocycles. The number of nitrogens with zero attached hydrogens (tertiary/aromatic N) is 5. The summed E-state index contributed by atoms with van der Waals surface area (Å²) in [6, 6.07) is 7.78. The van der Waals surface area contributed by atoms with Gasteiger partial charge in [0.15, 0.2) is 0 Å². The Bertz CT molecular complexity index is 1270. The minimum atomic E-state index is -3.49. The molecule has 3 aromatic rings. The molecule has 0 atom stereocenters. The highest BCUT2D eigenvalue weighted by Gasteiger charge is 2.28. The van der Waals surface area contributed by atoms with Crippen LogP contribution in [0.15, 0.2) is 41.6 Å². The molecule has 0 radical (unpaired) electrons. The molecule has 5 rings (SSSR count). The smallest absolute Gasteiger partial charge is 0.243 e. The fourth-order valence-corrected chi connectivity index (χ4v) is 6.77. The van der Waals surface area contributed by atoms with Gasteiger partial charge in [0.05, 0.1) is 4.90 Å². The van der Waals surface area contributed by atoms with Gasteiger partial charge in [-0.15, -0.1) is 0 Å². The third-order valence-corrected chi connectivity index (χ3v) is 9.53. The Morgan fingerprint density at radius 2 is 1.75 bits per heavy atom. The van der Waals surface area contributed by atoms with Crippen LogP contribution >= 0.6 is 0 Å². The number of hydrogen-bond donors (Lipinski definition) is 1. The second-order valence-electron chi connectivity index (χ2n) is 10.2. The Kier molecular flexibility index (Phi) is 7.60. The van der Waals surface area contributed by atoms with E-state index in [1.807, 2.05) is 25.4 Å². The highest BCUT2D eigenvalue weighted by Crippen LogP contribution is 2.37. The third-order valence-electron chi connectivity index (χ3n) is 7.62. The number of unbranched alkanes of at least 4 members (excludes halogenated alkanes) is 1. The predicted octanol–water partition coefficient (Wildman–Crippen LogP) is 4.75. The fraction of sp³-hybridized carbons (Fsp3) is 0.556. The first-order valence-electron chi connectivity index (χ1n) is 13.4. The molecule has 9 heteroatoms. The van der Waals surface area contributed by atoms with E-state index in [2.05, 4.69) is 32.9 Å². The maximum Gasteiger partial charge on any atom is 0.243 e. The monoisotopic (exact) mass is 510 g/mol. The number of anilines is 1. The van der Waals surface area contributed by atoms with Gasteiger partial charge in [-0.05, 0) is 44.0 Å². The molecule has 2 aliphatic rings. The Hall–Kier alpha value is -2.49. The molecule has 3 heterocycles. The maximum atomic E-state index is 13.2. The molecule has 194 valence electrons. The molecule has 1 saturated carbocycles. The number of aromatic nitrogens is 3. The SMILES string of the molecule is CCCCNc1ncc2c(-c3ccc(S(=O)(=O)N4CCN(C)CC4)cc3)cn(C3CCCCC3)c2n1. The average Bonchev–Trinajstić information content (AvgIpc) is 3.29. The van der Waals surface area contributed by atoms with Gasteiger partial charge in [0.1, 0.15) is 5.65 Å². The van der Waals surface area contributed by atoms with Crippen LogP contribution in [0, 0.1) is 0 Å². The first-order valence-corrected chi connectivity index (χ1v) is 14.8. The largest absolute Gasteiger partial charge is 0.354 e. The van der Waals surface area contributed by atoms with Gasteiger partial charge in [-0.3, -0.25) is 0 Å². The zero-order chi connectivity index (χ0) is 25.1. The van der Waals surface area contributed by atoms with Crippen molar-refractivity contribution in [1.82, 2.24) is 23.7 Å². The zero-order valence-electron chi connectivity index (χ0n) is 21.5. The minimum Gasteiger partial charge on any atom is -0.354 e. The van der Waals surface area contributed by atoms with E-state index in [-0.39, 0.29) is 0 Å². The average molecular weight is 511 g/mol. The van der Waals surface area contributed by atoms with Crippen molar-refractivity contribution < 1.29 is 8.42 Å². The quantitative estimate of drug-likeness (QED) is 0.440. The molecular formula is C27H38N6O2S. The van der Waals surface area contributed by atoms with E-state index in [9.17, 15) is 8.42 Å². The van der Waals surface area contributed by atoms with Gasteiger partial charge in [-0.2, -0.15) is 9.29 Å². The molecule has 2 aromatic heterocycles. The van der Waals surface area contributed by atoms with Crippen molar-refractivity contribution in [2.75, 3.05) is 45.1 Å². The van der Waals surface area contributed by atoms with Crippen LogP contribution in [0.5, 0.6) is 0 Å². The lowest BCUT2D eigenvalue weighted by Gasteiger charge is -2.31. The number of benzene rings is 1. The maximum absolute atomic E-state index is 13.2. The third kappa shape index (κ3) is 5.14. The summed E-state index contributed by atoms with van der Waals surface area (Å²) in [5.74, 6) is 0.672. The molecule has 1 N–H and O–H groups in total. The van der Waals surface area contributed by atoms with Crippen molar-refractivity contribution >= 4 is 27.0 Å². The molecule has 2 fully saturated rings. The lowest BCUT2D eigenvalue weighted by atomic mass is 9.95. The standard InChI is InChI=1S/C27H38N6O2S/c1-3-4-14-28-27-29-19-24-25(20-33(26(24)30-27)22-8-6-5-7-9-22)21-10-12-23(13-11-21)36(34,35)32-17-15-31(2)16-18-32/h10-13,19-20,22H,3-9,14-18H2,1-2H3,(H,28,29,30). The zero-order valence-corrected chi connectivity index (χ0v) is 22.3. The summed E-state index contributed by atoms with van der Waals surface area (Å²) in [4.78, 5) is 12.0. The van der Waals surface area contributed by atoms with Crippen molar-refractivity contribution in [3.8, 4) is 11.1 Å². The predicted molar refractivity (Wildman–Crippen MR) is 145 cm³/mol. The number of piperazine rings is 1. The molecule has 1 aliphatic heterocycles. The number of rotatable bonds is 8. The summed E-state index contributed by atoms with van der Waals surface area (Å²) < 4.78 is 30.3. The summed E-state index contributed by atoms with van der Waals surface area (Å²) in [6.07, 6.45) is 12.4. The summed E-state index contributed by atoms with van der Waals surface area (Å²) in [5.41, 5.74) is 3.00. The number of nitrogens with one attached hydrogen (secondary N) is 1. The molecular weight excluding hydrogens is 472 g/mol. The Labute approximate surface area is 214 Å². The van der Waals surface area contributed by atoms with E-state index < -0.39 is 10.0 Å². The van der Waals surface area contributed by atoms with E-state index in [1.165, 1.54) is 19.3 Å². The lowest BCUT2D eigenvalue weighted by molar-refractivity contribution is 0.222. The van der Waals surface area contributed by atoms with Crippen LogP contribution < -0.4 is 5.32 Å². The van der Waals surface area contributed by atoms with Gasteiger partial charge >= 0.3 is 0 Å². The minimum absolute atomic E-state index is 0.352. The van der Waals surface area contributed by atoms with Gasteiger partial charge in [0, 0.05) is 62.1 Å². The lowest BCUT2D eigenvalue weighted by Crippen LogP contribution is -2.46. The van der Waals surface area contributed by atoms with Crippen molar-refractivity contribution in [1.29, 1.82) is 0 Å². The van der Waals surface area contributed by atoms with Crippen molar-refractivity contribution in [2.45, 2.75) is 62.8 Å². The second-order valence-corrected chi connectivity index (χ2v) is 12.1. The van der Waals surface area contributed by atoms with E-state index in [1.54, 1.807) is 16.4 Å². The molecule has 0 spiro atoms. The normalized spacial score (nSPS) is 18.6. The van der Waals surface area contributed by atoms with Gasteiger partial charge in [0.2, 0.25) is 16.0 Å². The van der Waals surface area contributed by atoms with Crippen LogP contribution in [0.4, 0.5) is 5.95 Å². The summed E-state index contributed by atoms with van der Waals surface area (Å²) >= 11 is 0. The Morgan fingerprint density at radius 1 is 1.03 bits per heavy atom. The highest BCUT2D eigenvalue weighted by molar-refractivity contribution is 7.89. The highest BCUT2D eigenvalue weighted by atomic mass is 32.2. The van der Waals surface area contributed by atoms with Crippen molar-refractivity contribution in [2.24, 2.45) is 0 Å². The second kappa shape index (κ2) is 10.9. The summed E-state index contributed by atoms with van der Waals surface area (Å²) in [6.45, 7) is 5.61. The van der Waals surface area contributed by atoms with Gasteiger partial charge in [-0.25, -0.2) is 13.4 Å². The van der Waals surface area contributed by atoms with E-state index >= 15 is 0 Å². The molecule has 0 bridgehead atoms. The van der Waals surface area contributed by atoms with Gasteiger partial charge in [0.25, 0.3) is 0 Å². The number of sulfonamides is 1. The Balaban J connectivity index is 1.47. The summed E-state index contributed by atoms with van der Waals surface area (Å²) in [5, 5.41) is 4.38. The first kappa shape index (κ1) is 25.2. The first-order chi connectivity index (χ1) is 17.5. The van der Waals surface area contributed by atoms with Gasteiger partial charge in [-0.1, -0.05) is 44.7 Å². The van der Waals surface area contributed by atoms with Crippen molar-refractivity contribution in [3.63, 3.8) is 0 Å². The number of fused-ring (bicyclic) bond motifs is 1. The molecule has 1 aliphatic carbocycles.